The van der Waals surface area contributed by atoms with Crippen molar-refractivity contribution in [2.75, 3.05) is 45.9 Å². The quantitative estimate of drug-likeness (QED) is 0.336. The SMILES string of the molecule is O=C(c1ccc(C(F)(F)F)cc1)N(CCN1CCOCC1)CC(=O)N1N=C(c2ccccc2F)CC1c1ccc(F)cc1. The molecule has 2 heterocycles. The first-order valence-corrected chi connectivity index (χ1v) is 13.8. The maximum Gasteiger partial charge on any atom is 0.416 e. The fourth-order valence-corrected chi connectivity index (χ4v) is 5.10. The zero-order valence-electron chi connectivity index (χ0n) is 23.1. The summed E-state index contributed by atoms with van der Waals surface area (Å²) in [5, 5.41) is 5.63. The average Bonchev–Trinajstić information content (AvgIpc) is 3.45. The Morgan fingerprint density at radius 1 is 0.930 bits per heavy atom. The summed E-state index contributed by atoms with van der Waals surface area (Å²) in [6.07, 6.45) is -4.41. The molecular weight excluding hydrogens is 571 g/mol. The van der Waals surface area contributed by atoms with E-state index in [1.54, 1.807) is 12.1 Å². The van der Waals surface area contributed by atoms with Gasteiger partial charge in [0.25, 0.3) is 11.8 Å². The van der Waals surface area contributed by atoms with Crippen molar-refractivity contribution in [3.63, 3.8) is 0 Å². The van der Waals surface area contributed by atoms with Crippen LogP contribution in [0.15, 0.2) is 77.9 Å². The Hall–Kier alpha value is -4.16. The Labute approximate surface area is 245 Å². The van der Waals surface area contributed by atoms with Gasteiger partial charge in [0.1, 0.15) is 18.2 Å². The van der Waals surface area contributed by atoms with Crippen molar-refractivity contribution in [3.8, 4) is 0 Å². The Kier molecular flexibility index (Phi) is 9.16. The molecule has 0 saturated carbocycles. The van der Waals surface area contributed by atoms with E-state index in [2.05, 4.69) is 10.0 Å². The predicted octanol–water partition coefficient (Wildman–Crippen LogP) is 5.14. The second-order valence-electron chi connectivity index (χ2n) is 10.3. The van der Waals surface area contributed by atoms with E-state index in [1.165, 1.54) is 46.3 Å². The highest BCUT2D eigenvalue weighted by molar-refractivity contribution is 6.04. The van der Waals surface area contributed by atoms with Crippen LogP contribution in [0, 0.1) is 11.6 Å². The van der Waals surface area contributed by atoms with Gasteiger partial charge < -0.3 is 9.64 Å². The molecule has 1 saturated heterocycles. The van der Waals surface area contributed by atoms with E-state index in [9.17, 15) is 31.5 Å². The van der Waals surface area contributed by atoms with Crippen LogP contribution >= 0.6 is 0 Å². The average molecular weight is 601 g/mol. The Balaban J connectivity index is 1.42. The molecule has 7 nitrogen and oxygen atoms in total. The number of morpholine rings is 1. The number of benzene rings is 3. The van der Waals surface area contributed by atoms with Crippen LogP contribution < -0.4 is 0 Å². The minimum absolute atomic E-state index is 0.00479. The standard InChI is InChI=1S/C31H29F5N4O3/c32-24-11-7-21(8-12-24)28-19-27(25-3-1-2-4-26(25)33)37-40(28)29(41)20-39(14-13-38-15-17-43-18-16-38)30(42)22-5-9-23(10-6-22)31(34,35)36/h1-12,28H,13-20H2. The number of hydrazone groups is 1. The van der Waals surface area contributed by atoms with E-state index >= 15 is 0 Å². The maximum atomic E-state index is 14.7. The second kappa shape index (κ2) is 13.0. The number of hydrogen-bond donors (Lipinski definition) is 0. The van der Waals surface area contributed by atoms with Gasteiger partial charge in [-0.05, 0) is 48.0 Å². The van der Waals surface area contributed by atoms with Crippen LogP contribution in [0.1, 0.15) is 39.5 Å². The second-order valence-corrected chi connectivity index (χ2v) is 10.3. The molecular formula is C31H29F5N4O3. The first-order chi connectivity index (χ1) is 20.6. The van der Waals surface area contributed by atoms with Gasteiger partial charge in [0.05, 0.1) is 30.5 Å². The normalized spacial score (nSPS) is 17.6. The molecule has 12 heteroatoms. The summed E-state index contributed by atoms with van der Waals surface area (Å²) in [5.74, 6) is -2.18. The van der Waals surface area contributed by atoms with Gasteiger partial charge in [-0.3, -0.25) is 14.5 Å². The topological polar surface area (TPSA) is 65.5 Å². The monoisotopic (exact) mass is 600 g/mol. The third-order valence-corrected chi connectivity index (χ3v) is 7.47. The van der Waals surface area contributed by atoms with Crippen LogP contribution in [0.25, 0.3) is 0 Å². The number of ether oxygens (including phenoxy) is 1. The van der Waals surface area contributed by atoms with Crippen molar-refractivity contribution in [1.82, 2.24) is 14.8 Å². The maximum absolute atomic E-state index is 14.7. The number of hydrogen-bond acceptors (Lipinski definition) is 5. The number of carbonyl (C=O) groups excluding carboxylic acids is 2. The number of alkyl halides is 3. The number of carbonyl (C=O) groups is 2. The summed E-state index contributed by atoms with van der Waals surface area (Å²) in [7, 11) is 0. The number of amides is 2. The smallest absolute Gasteiger partial charge is 0.379 e. The van der Waals surface area contributed by atoms with Crippen LogP contribution in [-0.4, -0.2) is 78.3 Å². The van der Waals surface area contributed by atoms with Crippen LogP contribution in [-0.2, 0) is 15.7 Å². The molecule has 3 aromatic rings. The lowest BCUT2D eigenvalue weighted by Crippen LogP contribution is -2.46. The van der Waals surface area contributed by atoms with Gasteiger partial charge in [-0.2, -0.15) is 18.3 Å². The van der Waals surface area contributed by atoms with Crippen molar-refractivity contribution in [3.05, 3.63) is 107 Å². The Bertz CT molecular complexity index is 1470. The van der Waals surface area contributed by atoms with Gasteiger partial charge in [0, 0.05) is 43.7 Å². The van der Waals surface area contributed by atoms with Gasteiger partial charge in [-0.1, -0.05) is 30.3 Å². The lowest BCUT2D eigenvalue weighted by Gasteiger charge is -2.31. The van der Waals surface area contributed by atoms with Crippen LogP contribution in [0.3, 0.4) is 0 Å². The van der Waals surface area contributed by atoms with E-state index in [0.717, 1.165) is 24.3 Å². The van der Waals surface area contributed by atoms with Crippen molar-refractivity contribution in [2.24, 2.45) is 5.10 Å². The molecule has 226 valence electrons. The Morgan fingerprint density at radius 2 is 1.60 bits per heavy atom. The molecule has 1 atom stereocenters. The first-order valence-electron chi connectivity index (χ1n) is 13.8. The van der Waals surface area contributed by atoms with Crippen LogP contribution in [0.4, 0.5) is 22.0 Å². The van der Waals surface area contributed by atoms with Crippen LogP contribution in [0.5, 0.6) is 0 Å². The van der Waals surface area contributed by atoms with Gasteiger partial charge in [-0.25, -0.2) is 13.8 Å². The van der Waals surface area contributed by atoms with E-state index < -0.39 is 47.8 Å². The third kappa shape index (κ3) is 7.26. The van der Waals surface area contributed by atoms with E-state index in [-0.39, 0.29) is 24.1 Å². The van der Waals surface area contributed by atoms with E-state index in [1.807, 2.05) is 0 Å². The van der Waals surface area contributed by atoms with Crippen molar-refractivity contribution in [1.29, 1.82) is 0 Å². The molecule has 1 fully saturated rings. The summed E-state index contributed by atoms with van der Waals surface area (Å²) < 4.78 is 73.1. The van der Waals surface area contributed by atoms with Gasteiger partial charge in [0.15, 0.2) is 0 Å². The zero-order valence-corrected chi connectivity index (χ0v) is 23.1. The highest BCUT2D eigenvalue weighted by Crippen LogP contribution is 2.34. The zero-order chi connectivity index (χ0) is 30.6. The van der Waals surface area contributed by atoms with Gasteiger partial charge in [-0.15, -0.1) is 0 Å². The number of halogens is 5. The minimum atomic E-state index is -4.56. The summed E-state index contributed by atoms with van der Waals surface area (Å²) in [6.45, 7) is 2.39. The van der Waals surface area contributed by atoms with E-state index in [4.69, 9.17) is 4.74 Å². The molecule has 2 amide bonds. The molecule has 1 unspecified atom stereocenters. The summed E-state index contributed by atoms with van der Waals surface area (Å²) >= 11 is 0. The van der Waals surface area contributed by atoms with Gasteiger partial charge in [0.2, 0.25) is 0 Å². The largest absolute Gasteiger partial charge is 0.416 e. The Morgan fingerprint density at radius 3 is 2.26 bits per heavy atom. The molecule has 0 N–H and O–H groups in total. The molecule has 2 aliphatic heterocycles. The fraction of sp³-hybridized carbons (Fsp3) is 0.323. The fourth-order valence-electron chi connectivity index (χ4n) is 5.10. The first kappa shape index (κ1) is 30.3. The molecule has 3 aromatic carbocycles. The molecule has 43 heavy (non-hydrogen) atoms. The lowest BCUT2D eigenvalue weighted by molar-refractivity contribution is -0.137. The van der Waals surface area contributed by atoms with Crippen molar-refractivity contribution >= 4 is 17.5 Å². The molecule has 0 bridgehead atoms. The lowest BCUT2D eigenvalue weighted by atomic mass is 9.98. The summed E-state index contributed by atoms with van der Waals surface area (Å²) in [5.41, 5.74) is 0.201. The van der Waals surface area contributed by atoms with Crippen molar-refractivity contribution in [2.45, 2.75) is 18.6 Å². The summed E-state index contributed by atoms with van der Waals surface area (Å²) in [6, 6.07) is 14.7. The third-order valence-electron chi connectivity index (χ3n) is 7.47. The van der Waals surface area contributed by atoms with Crippen LogP contribution in [0.2, 0.25) is 0 Å². The summed E-state index contributed by atoms with van der Waals surface area (Å²) in [4.78, 5) is 30.7. The molecule has 0 aliphatic carbocycles. The molecule has 2 aliphatic rings. The highest BCUT2D eigenvalue weighted by atomic mass is 19.4. The molecule has 0 radical (unpaired) electrons. The van der Waals surface area contributed by atoms with Crippen molar-refractivity contribution < 1.29 is 36.3 Å². The molecule has 5 rings (SSSR count). The molecule has 0 aromatic heterocycles. The van der Waals surface area contributed by atoms with Gasteiger partial charge >= 0.3 is 6.18 Å². The minimum Gasteiger partial charge on any atom is -0.379 e. The molecule has 0 spiro atoms. The predicted molar refractivity (Wildman–Crippen MR) is 148 cm³/mol. The highest BCUT2D eigenvalue weighted by Gasteiger charge is 2.36. The van der Waals surface area contributed by atoms with E-state index in [0.29, 0.717) is 44.1 Å². The number of nitrogens with zero attached hydrogens (tertiary/aromatic N) is 4. The number of rotatable bonds is 8.